The summed E-state index contributed by atoms with van der Waals surface area (Å²) in [6, 6.07) is 31.4. The Hall–Kier alpha value is -4.81. The summed E-state index contributed by atoms with van der Waals surface area (Å²) in [6.07, 6.45) is 7.29. The lowest BCUT2D eigenvalue weighted by Gasteiger charge is -2.56. The molecule has 2 aliphatic heterocycles. The molecule has 6 fully saturated rings. The van der Waals surface area contributed by atoms with Gasteiger partial charge in [-0.3, -0.25) is 15.0 Å². The molecule has 3 atom stereocenters. The summed E-state index contributed by atoms with van der Waals surface area (Å²) < 4.78 is 13.5. The van der Waals surface area contributed by atoms with E-state index in [1.165, 1.54) is 19.3 Å². The Morgan fingerprint density at radius 1 is 0.772 bits per heavy atom. The van der Waals surface area contributed by atoms with Crippen molar-refractivity contribution in [3.63, 3.8) is 0 Å². The average molecular weight is 772 g/mol. The number of amides is 2. The van der Waals surface area contributed by atoms with Gasteiger partial charge in [-0.25, -0.2) is 4.79 Å². The molecule has 4 saturated carbocycles. The second-order valence-corrected chi connectivity index (χ2v) is 17.2. The highest BCUT2D eigenvalue weighted by molar-refractivity contribution is 5.75. The van der Waals surface area contributed by atoms with Gasteiger partial charge in [-0.2, -0.15) is 0 Å². The van der Waals surface area contributed by atoms with Gasteiger partial charge in [0, 0.05) is 74.6 Å². The van der Waals surface area contributed by atoms with Crippen LogP contribution in [0.2, 0.25) is 0 Å². The van der Waals surface area contributed by atoms with Crippen LogP contribution in [0, 0.1) is 27.9 Å². The number of nitro benzene ring substituents is 1. The van der Waals surface area contributed by atoms with Crippen molar-refractivity contribution in [2.45, 2.75) is 82.1 Å². The van der Waals surface area contributed by atoms with Crippen LogP contribution in [0.1, 0.15) is 79.6 Å². The van der Waals surface area contributed by atoms with Crippen molar-refractivity contribution in [1.29, 1.82) is 0 Å². The molecule has 4 bridgehead atoms. The third-order valence-corrected chi connectivity index (χ3v) is 13.2. The molecule has 0 spiro atoms. The van der Waals surface area contributed by atoms with Crippen molar-refractivity contribution in [3.05, 3.63) is 129 Å². The number of aliphatic hydroxyl groups is 1. The fraction of sp³-hybridized carbons (Fsp3) is 0.457. The number of carbonyl (C=O) groups excluding carboxylic acids is 1. The molecule has 2 heterocycles. The van der Waals surface area contributed by atoms with Gasteiger partial charge in [0.15, 0.2) is 6.29 Å². The molecule has 11 nitrogen and oxygen atoms in total. The first-order valence-corrected chi connectivity index (χ1v) is 20.7. The highest BCUT2D eigenvalue weighted by atomic mass is 16.7. The van der Waals surface area contributed by atoms with Crippen LogP contribution < -0.4 is 15.5 Å². The molecule has 4 aliphatic carbocycles. The first-order valence-electron chi connectivity index (χ1n) is 20.7. The number of carbonyl (C=O) groups is 1. The molecule has 2 saturated heterocycles. The number of nitrogens with zero attached hydrogens (tertiary/aromatic N) is 3. The maximum Gasteiger partial charge on any atom is 0.315 e. The van der Waals surface area contributed by atoms with Crippen molar-refractivity contribution >= 4 is 17.4 Å². The zero-order valence-corrected chi connectivity index (χ0v) is 32.4. The number of nitrogens with one attached hydrogen (secondary N) is 2. The van der Waals surface area contributed by atoms with Crippen LogP contribution in [-0.2, 0) is 22.6 Å². The SMILES string of the molecule is O=C(NCc1cccc(-c2cccc(C3OC(CN4CCN(c5ccc([N+](=O)[O-])cc5)CC4)CC(c4ccc(CO)cc4)O3)c2)c1)NC12CC3CC(CC(C3)C1)C2. The van der Waals surface area contributed by atoms with Crippen LogP contribution in [0.5, 0.6) is 0 Å². The topological polar surface area (TPSA) is 129 Å². The minimum atomic E-state index is -0.578. The number of piperazine rings is 1. The number of ether oxygens (including phenoxy) is 2. The molecule has 0 radical (unpaired) electrons. The number of aliphatic hydroxyl groups excluding tert-OH is 1. The molecule has 11 heteroatoms. The van der Waals surface area contributed by atoms with Gasteiger partial charge < -0.3 is 30.1 Å². The van der Waals surface area contributed by atoms with E-state index in [9.17, 15) is 20.0 Å². The predicted molar refractivity (Wildman–Crippen MR) is 218 cm³/mol. The zero-order chi connectivity index (χ0) is 38.9. The molecule has 2 amide bonds. The summed E-state index contributed by atoms with van der Waals surface area (Å²) in [5.74, 6) is 2.34. The van der Waals surface area contributed by atoms with E-state index in [4.69, 9.17) is 9.47 Å². The fourth-order valence-corrected chi connectivity index (χ4v) is 10.8. The van der Waals surface area contributed by atoms with E-state index < -0.39 is 6.29 Å². The van der Waals surface area contributed by atoms with Crippen LogP contribution in [0.4, 0.5) is 16.2 Å². The zero-order valence-electron chi connectivity index (χ0n) is 32.4. The molecule has 298 valence electrons. The summed E-state index contributed by atoms with van der Waals surface area (Å²) in [4.78, 5) is 28.7. The second kappa shape index (κ2) is 16.2. The Kier molecular flexibility index (Phi) is 10.7. The summed E-state index contributed by atoms with van der Waals surface area (Å²) in [5, 5.41) is 27.4. The maximum atomic E-state index is 13.2. The van der Waals surface area contributed by atoms with Crippen molar-refractivity contribution in [3.8, 4) is 11.1 Å². The molecule has 4 aromatic rings. The molecule has 4 aromatic carbocycles. The highest BCUT2D eigenvalue weighted by Gasteiger charge is 2.51. The van der Waals surface area contributed by atoms with Gasteiger partial charge in [-0.1, -0.05) is 60.7 Å². The number of anilines is 1. The predicted octanol–water partition coefficient (Wildman–Crippen LogP) is 7.89. The summed E-state index contributed by atoms with van der Waals surface area (Å²) in [7, 11) is 0. The molecule has 3 unspecified atom stereocenters. The molecule has 0 aromatic heterocycles. The third-order valence-electron chi connectivity index (χ3n) is 13.2. The number of urea groups is 1. The van der Waals surface area contributed by atoms with Crippen LogP contribution in [-0.4, -0.2) is 65.3 Å². The number of non-ortho nitro benzene ring substituents is 1. The van der Waals surface area contributed by atoms with Crippen molar-refractivity contribution < 1.29 is 24.3 Å². The second-order valence-electron chi connectivity index (χ2n) is 17.2. The van der Waals surface area contributed by atoms with Crippen molar-refractivity contribution in [1.82, 2.24) is 15.5 Å². The minimum Gasteiger partial charge on any atom is -0.392 e. The van der Waals surface area contributed by atoms with E-state index in [2.05, 4.69) is 56.8 Å². The standard InChI is InChI=1S/C46H53N5O6/c52-30-31-7-9-36(10-8-31)43-24-42(29-49-15-17-50(18-16-49)40-11-13-41(14-12-40)51(54)55)56-44(57-43)39-6-2-5-38(23-39)37-4-1-3-32(22-37)28-47-45(53)48-46-25-33-19-34(26-46)21-35(20-33)27-46/h1-14,22-23,33-35,42-44,52H,15-21,24-30H2,(H2,47,48,53). The molecular weight excluding hydrogens is 719 g/mol. The first-order chi connectivity index (χ1) is 27.8. The van der Waals surface area contributed by atoms with Gasteiger partial charge in [0.05, 0.1) is 23.7 Å². The molecular formula is C46H53N5O6. The number of nitro groups is 1. The molecule has 6 aliphatic rings. The molecule has 10 rings (SSSR count). The smallest absolute Gasteiger partial charge is 0.315 e. The first kappa shape index (κ1) is 37.7. The lowest BCUT2D eigenvalue weighted by molar-refractivity contribution is -0.384. The molecule has 57 heavy (non-hydrogen) atoms. The number of rotatable bonds is 11. The van der Waals surface area contributed by atoms with Crippen molar-refractivity contribution in [2.24, 2.45) is 17.8 Å². The Balaban J connectivity index is 0.861. The van der Waals surface area contributed by atoms with E-state index in [1.54, 1.807) is 12.1 Å². The van der Waals surface area contributed by atoms with E-state index in [-0.39, 0.29) is 41.0 Å². The summed E-state index contributed by atoms with van der Waals surface area (Å²) >= 11 is 0. The van der Waals surface area contributed by atoms with Crippen LogP contribution >= 0.6 is 0 Å². The van der Waals surface area contributed by atoms with Crippen LogP contribution in [0.3, 0.4) is 0 Å². The van der Waals surface area contributed by atoms with Gasteiger partial charge >= 0.3 is 6.03 Å². The molecule has 3 N–H and O–H groups in total. The number of hydrogen-bond donors (Lipinski definition) is 3. The van der Waals surface area contributed by atoms with Gasteiger partial charge in [-0.15, -0.1) is 0 Å². The highest BCUT2D eigenvalue weighted by Crippen LogP contribution is 2.55. The summed E-state index contributed by atoms with van der Waals surface area (Å²) in [5.41, 5.74) is 7.09. The van der Waals surface area contributed by atoms with Gasteiger partial charge in [-0.05, 0) is 108 Å². The Morgan fingerprint density at radius 3 is 2.11 bits per heavy atom. The van der Waals surface area contributed by atoms with Crippen LogP contribution in [0.15, 0.2) is 97.1 Å². The average Bonchev–Trinajstić information content (AvgIpc) is 3.23. The number of benzene rings is 4. The minimum absolute atomic E-state index is 0.00882. The maximum absolute atomic E-state index is 13.2. The number of hydrogen-bond acceptors (Lipinski definition) is 8. The van der Waals surface area contributed by atoms with Gasteiger partial charge in [0.25, 0.3) is 5.69 Å². The van der Waals surface area contributed by atoms with E-state index in [0.29, 0.717) is 13.0 Å². The Bertz CT molecular complexity index is 2010. The summed E-state index contributed by atoms with van der Waals surface area (Å²) in [6.45, 7) is 4.54. The Morgan fingerprint density at radius 2 is 1.44 bits per heavy atom. The largest absolute Gasteiger partial charge is 0.392 e. The third kappa shape index (κ3) is 8.57. The van der Waals surface area contributed by atoms with E-state index in [0.717, 1.165) is 109 Å². The lowest BCUT2D eigenvalue weighted by Crippen LogP contribution is -2.61. The van der Waals surface area contributed by atoms with Crippen LogP contribution in [0.25, 0.3) is 11.1 Å². The fourth-order valence-electron chi connectivity index (χ4n) is 10.8. The Labute approximate surface area is 334 Å². The lowest BCUT2D eigenvalue weighted by atomic mass is 9.53. The monoisotopic (exact) mass is 771 g/mol. The van der Waals surface area contributed by atoms with E-state index in [1.807, 2.05) is 48.5 Å². The van der Waals surface area contributed by atoms with E-state index >= 15 is 0 Å². The quantitative estimate of drug-likeness (QED) is 0.104. The van der Waals surface area contributed by atoms with Gasteiger partial charge in [0.1, 0.15) is 0 Å². The normalized spacial score (nSPS) is 28.3. The van der Waals surface area contributed by atoms with Crippen molar-refractivity contribution in [2.75, 3.05) is 37.6 Å². The van der Waals surface area contributed by atoms with Gasteiger partial charge in [0.2, 0.25) is 0 Å².